The number of guanidine groups is 1. The lowest BCUT2D eigenvalue weighted by atomic mass is 9.92. The molecule has 1 aliphatic heterocycles. The molecule has 1 aliphatic rings. The Morgan fingerprint density at radius 1 is 1.26 bits per heavy atom. The molecule has 5 heteroatoms. The lowest BCUT2D eigenvalue weighted by molar-refractivity contribution is 0.00273. The Kier molecular flexibility index (Phi) is 7.82. The minimum atomic E-state index is 0.559. The van der Waals surface area contributed by atoms with Gasteiger partial charge in [-0.2, -0.15) is 0 Å². The van der Waals surface area contributed by atoms with Gasteiger partial charge >= 0.3 is 0 Å². The third-order valence-corrected chi connectivity index (χ3v) is 4.05. The molecule has 5 nitrogen and oxygen atoms in total. The smallest absolute Gasteiger partial charge is 0.190 e. The Bertz CT molecular complexity index is 260. The number of morpholine rings is 1. The average molecular weight is 270 g/mol. The van der Waals surface area contributed by atoms with E-state index in [1.165, 1.54) is 12.8 Å². The van der Waals surface area contributed by atoms with Crippen LogP contribution in [0.2, 0.25) is 0 Å². The number of aliphatic imine (C=N–C) groups is 1. The molecule has 0 aromatic carbocycles. The van der Waals surface area contributed by atoms with Crippen LogP contribution in [0.15, 0.2) is 4.99 Å². The number of ether oxygens (including phenoxy) is 1. The Balaban J connectivity index is 2.62. The van der Waals surface area contributed by atoms with Crippen molar-refractivity contribution in [2.75, 3.05) is 46.9 Å². The summed E-state index contributed by atoms with van der Waals surface area (Å²) in [6.07, 6.45) is 2.44. The molecule has 0 saturated carbocycles. The summed E-state index contributed by atoms with van der Waals surface area (Å²) in [6.45, 7) is 9.32. The van der Waals surface area contributed by atoms with Crippen LogP contribution in [0.5, 0.6) is 0 Å². The Morgan fingerprint density at radius 2 is 1.89 bits per heavy atom. The highest BCUT2D eigenvalue weighted by Gasteiger charge is 2.26. The Hall–Kier alpha value is -0.810. The largest absolute Gasteiger partial charge is 0.379 e. The normalized spacial score (nSPS) is 19.5. The Morgan fingerprint density at radius 3 is 2.37 bits per heavy atom. The predicted molar refractivity (Wildman–Crippen MR) is 80.7 cm³/mol. The summed E-state index contributed by atoms with van der Waals surface area (Å²) in [5, 5.41) is 6.50. The zero-order chi connectivity index (χ0) is 14.1. The first-order chi connectivity index (χ1) is 9.26. The van der Waals surface area contributed by atoms with Crippen molar-refractivity contribution in [3.05, 3.63) is 0 Å². The van der Waals surface area contributed by atoms with Gasteiger partial charge in [-0.15, -0.1) is 0 Å². The van der Waals surface area contributed by atoms with Crippen LogP contribution in [0, 0.1) is 5.92 Å². The van der Waals surface area contributed by atoms with Crippen molar-refractivity contribution in [2.24, 2.45) is 10.9 Å². The minimum Gasteiger partial charge on any atom is -0.379 e. The molecule has 0 unspecified atom stereocenters. The highest BCUT2D eigenvalue weighted by Crippen LogP contribution is 2.19. The van der Waals surface area contributed by atoms with Crippen LogP contribution in [0.25, 0.3) is 0 Å². The third-order valence-electron chi connectivity index (χ3n) is 4.05. The fraction of sp³-hybridized carbons (Fsp3) is 0.929. The maximum Gasteiger partial charge on any atom is 0.190 e. The summed E-state index contributed by atoms with van der Waals surface area (Å²) in [6, 6.07) is 0.559. The van der Waals surface area contributed by atoms with Crippen LogP contribution < -0.4 is 10.6 Å². The molecule has 0 aliphatic carbocycles. The zero-order valence-electron chi connectivity index (χ0n) is 12.9. The molecular formula is C14H30N4O. The van der Waals surface area contributed by atoms with Gasteiger partial charge in [0.2, 0.25) is 0 Å². The van der Waals surface area contributed by atoms with Crippen LogP contribution >= 0.6 is 0 Å². The molecule has 0 amide bonds. The molecule has 0 spiro atoms. The second-order valence-corrected chi connectivity index (χ2v) is 5.00. The van der Waals surface area contributed by atoms with E-state index in [2.05, 4.69) is 34.4 Å². The van der Waals surface area contributed by atoms with Crippen LogP contribution in [0.1, 0.15) is 26.7 Å². The first-order valence-electron chi connectivity index (χ1n) is 7.46. The Labute approximate surface area is 117 Å². The van der Waals surface area contributed by atoms with Gasteiger partial charge in [0.1, 0.15) is 0 Å². The van der Waals surface area contributed by atoms with E-state index in [0.717, 1.165) is 44.7 Å². The second kappa shape index (κ2) is 9.15. The highest BCUT2D eigenvalue weighted by atomic mass is 16.5. The van der Waals surface area contributed by atoms with Crippen molar-refractivity contribution in [3.8, 4) is 0 Å². The molecule has 112 valence electrons. The topological polar surface area (TPSA) is 48.9 Å². The van der Waals surface area contributed by atoms with E-state index in [1.807, 2.05) is 7.05 Å². The van der Waals surface area contributed by atoms with E-state index in [9.17, 15) is 0 Å². The molecule has 1 fully saturated rings. The van der Waals surface area contributed by atoms with E-state index in [1.54, 1.807) is 7.05 Å². The van der Waals surface area contributed by atoms with Gasteiger partial charge in [0.05, 0.1) is 13.2 Å². The van der Waals surface area contributed by atoms with Crippen molar-refractivity contribution in [2.45, 2.75) is 32.7 Å². The van der Waals surface area contributed by atoms with Gasteiger partial charge in [-0.25, -0.2) is 0 Å². The van der Waals surface area contributed by atoms with Crippen LogP contribution in [-0.4, -0.2) is 63.8 Å². The van der Waals surface area contributed by atoms with E-state index < -0.39 is 0 Å². The van der Waals surface area contributed by atoms with E-state index in [4.69, 9.17) is 4.74 Å². The molecule has 0 aromatic heterocycles. The molecular weight excluding hydrogens is 240 g/mol. The molecule has 1 saturated heterocycles. The standard InChI is InChI=1S/C14H30N4O/c1-5-12(6-2)13(11-17-14(15-3)16-4)18-7-9-19-10-8-18/h12-13H,5-11H2,1-4H3,(H2,15,16,17)/t13-/m0/s1. The molecule has 19 heavy (non-hydrogen) atoms. The fourth-order valence-corrected chi connectivity index (χ4v) is 2.82. The van der Waals surface area contributed by atoms with Crippen molar-refractivity contribution < 1.29 is 4.74 Å². The van der Waals surface area contributed by atoms with Gasteiger partial charge < -0.3 is 15.4 Å². The summed E-state index contributed by atoms with van der Waals surface area (Å²) in [5.41, 5.74) is 0. The number of hydrogen-bond acceptors (Lipinski definition) is 3. The van der Waals surface area contributed by atoms with Crippen molar-refractivity contribution in [1.82, 2.24) is 15.5 Å². The maximum absolute atomic E-state index is 5.47. The molecule has 2 N–H and O–H groups in total. The van der Waals surface area contributed by atoms with Crippen LogP contribution in [0.3, 0.4) is 0 Å². The van der Waals surface area contributed by atoms with Gasteiger partial charge in [0.25, 0.3) is 0 Å². The summed E-state index contributed by atoms with van der Waals surface area (Å²) in [5.74, 6) is 1.59. The van der Waals surface area contributed by atoms with E-state index in [0.29, 0.717) is 6.04 Å². The van der Waals surface area contributed by atoms with Crippen molar-refractivity contribution in [1.29, 1.82) is 0 Å². The molecule has 1 atom stereocenters. The average Bonchev–Trinajstić information content (AvgIpc) is 2.48. The molecule has 0 aromatic rings. The summed E-state index contributed by atoms with van der Waals surface area (Å²) in [7, 11) is 3.70. The van der Waals surface area contributed by atoms with E-state index >= 15 is 0 Å². The van der Waals surface area contributed by atoms with Gasteiger partial charge in [0, 0.05) is 39.8 Å². The van der Waals surface area contributed by atoms with Gasteiger partial charge in [-0.1, -0.05) is 26.7 Å². The fourth-order valence-electron chi connectivity index (χ4n) is 2.82. The summed E-state index contributed by atoms with van der Waals surface area (Å²) >= 11 is 0. The quantitative estimate of drug-likeness (QED) is 0.556. The SMILES string of the molecule is CCC(CC)[C@H](CNC(=NC)NC)N1CCOCC1. The monoisotopic (exact) mass is 270 g/mol. The number of nitrogens with zero attached hydrogens (tertiary/aromatic N) is 2. The molecule has 1 rings (SSSR count). The van der Waals surface area contributed by atoms with Gasteiger partial charge in [-0.05, 0) is 5.92 Å². The first-order valence-corrected chi connectivity index (χ1v) is 7.46. The molecule has 1 heterocycles. The minimum absolute atomic E-state index is 0.559. The zero-order valence-corrected chi connectivity index (χ0v) is 12.9. The van der Waals surface area contributed by atoms with Crippen LogP contribution in [0.4, 0.5) is 0 Å². The third kappa shape index (κ3) is 4.99. The number of rotatable bonds is 6. The summed E-state index contributed by atoms with van der Waals surface area (Å²) in [4.78, 5) is 6.75. The second-order valence-electron chi connectivity index (χ2n) is 5.00. The van der Waals surface area contributed by atoms with Gasteiger partial charge in [0.15, 0.2) is 5.96 Å². The lowest BCUT2D eigenvalue weighted by Gasteiger charge is -2.39. The predicted octanol–water partition coefficient (Wildman–Crippen LogP) is 0.918. The number of nitrogens with one attached hydrogen (secondary N) is 2. The number of hydrogen-bond donors (Lipinski definition) is 2. The van der Waals surface area contributed by atoms with E-state index in [-0.39, 0.29) is 0 Å². The molecule has 0 radical (unpaired) electrons. The van der Waals surface area contributed by atoms with Crippen molar-refractivity contribution in [3.63, 3.8) is 0 Å². The van der Waals surface area contributed by atoms with Crippen LogP contribution in [-0.2, 0) is 4.74 Å². The highest BCUT2D eigenvalue weighted by molar-refractivity contribution is 5.79. The maximum atomic E-state index is 5.47. The first kappa shape index (κ1) is 16.2. The van der Waals surface area contributed by atoms with Crippen molar-refractivity contribution >= 4 is 5.96 Å². The lowest BCUT2D eigenvalue weighted by Crippen LogP contribution is -2.53. The molecule has 0 bridgehead atoms. The summed E-state index contributed by atoms with van der Waals surface area (Å²) < 4.78 is 5.47. The van der Waals surface area contributed by atoms with Gasteiger partial charge in [-0.3, -0.25) is 9.89 Å².